The molecule has 80 valence electrons. The van der Waals surface area contributed by atoms with Gasteiger partial charge in [-0.25, -0.2) is 0 Å². The molecular weight excluding hydrogens is 192 g/mol. The van der Waals surface area contributed by atoms with Gasteiger partial charge in [-0.3, -0.25) is 4.68 Å². The van der Waals surface area contributed by atoms with E-state index in [1.54, 1.807) is 18.2 Å². The predicted octanol–water partition coefficient (Wildman–Crippen LogP) is 1.30. The summed E-state index contributed by atoms with van der Waals surface area (Å²) >= 11 is 0. The largest absolute Gasteiger partial charge is 0.508 e. The van der Waals surface area contributed by atoms with Crippen molar-refractivity contribution in [3.8, 4) is 5.75 Å². The molecule has 0 unspecified atom stereocenters. The molecule has 4 nitrogen and oxygen atoms in total. The fourth-order valence-electron chi connectivity index (χ4n) is 1.80. The van der Waals surface area contributed by atoms with E-state index in [4.69, 9.17) is 5.11 Å². The van der Waals surface area contributed by atoms with E-state index in [2.05, 4.69) is 5.10 Å². The van der Waals surface area contributed by atoms with Crippen molar-refractivity contribution in [1.29, 1.82) is 0 Å². The van der Waals surface area contributed by atoms with E-state index in [0.717, 1.165) is 23.1 Å². The summed E-state index contributed by atoms with van der Waals surface area (Å²) < 4.78 is 1.86. The van der Waals surface area contributed by atoms with Gasteiger partial charge in [-0.2, -0.15) is 5.10 Å². The first kappa shape index (κ1) is 9.98. The molecule has 2 N–H and O–H groups in total. The molecule has 2 rings (SSSR count). The van der Waals surface area contributed by atoms with Crippen LogP contribution in [0.4, 0.5) is 0 Å². The maximum absolute atomic E-state index is 9.41. The van der Waals surface area contributed by atoms with Crippen molar-refractivity contribution in [3.63, 3.8) is 0 Å². The minimum atomic E-state index is 0.0937. The molecule has 0 saturated carbocycles. The Balaban J connectivity index is 2.65. The van der Waals surface area contributed by atoms with Gasteiger partial charge in [-0.1, -0.05) is 0 Å². The molecule has 0 aliphatic heterocycles. The number of aliphatic hydroxyl groups is 1. The molecule has 0 amide bonds. The maximum Gasteiger partial charge on any atom is 0.116 e. The first-order valence-corrected chi connectivity index (χ1v) is 5.05. The molecule has 0 spiro atoms. The van der Waals surface area contributed by atoms with Gasteiger partial charge in [-0.05, 0) is 25.1 Å². The first-order valence-electron chi connectivity index (χ1n) is 5.05. The Morgan fingerprint density at radius 2 is 2.20 bits per heavy atom. The molecule has 0 saturated heterocycles. The zero-order valence-corrected chi connectivity index (χ0v) is 8.64. The molecule has 15 heavy (non-hydrogen) atoms. The fourth-order valence-corrected chi connectivity index (χ4v) is 1.80. The SMILES string of the molecule is CCn1nc2ccc(O)cc2c1CCO. The number of rotatable bonds is 3. The van der Waals surface area contributed by atoms with E-state index in [1.165, 1.54) is 0 Å². The minimum Gasteiger partial charge on any atom is -0.508 e. The third-order valence-corrected chi connectivity index (χ3v) is 2.48. The number of nitrogens with zero attached hydrogens (tertiary/aromatic N) is 2. The van der Waals surface area contributed by atoms with E-state index in [0.29, 0.717) is 6.42 Å². The summed E-state index contributed by atoms with van der Waals surface area (Å²) in [5, 5.41) is 23.7. The Bertz CT molecular complexity index is 477. The second kappa shape index (κ2) is 3.90. The van der Waals surface area contributed by atoms with Gasteiger partial charge in [0.2, 0.25) is 0 Å². The van der Waals surface area contributed by atoms with Gasteiger partial charge in [-0.15, -0.1) is 0 Å². The number of phenols is 1. The number of fused-ring (bicyclic) bond motifs is 1. The maximum atomic E-state index is 9.41. The Kier molecular flexibility index (Phi) is 2.60. The number of hydrogen-bond acceptors (Lipinski definition) is 3. The summed E-state index contributed by atoms with van der Waals surface area (Å²) in [4.78, 5) is 0. The van der Waals surface area contributed by atoms with Crippen LogP contribution in [0.15, 0.2) is 18.2 Å². The molecule has 1 heterocycles. The Morgan fingerprint density at radius 3 is 2.87 bits per heavy atom. The summed E-state index contributed by atoms with van der Waals surface area (Å²) in [7, 11) is 0. The van der Waals surface area contributed by atoms with Crippen LogP contribution in [-0.4, -0.2) is 26.6 Å². The highest BCUT2D eigenvalue weighted by atomic mass is 16.3. The molecule has 1 aromatic carbocycles. The van der Waals surface area contributed by atoms with Gasteiger partial charge in [0.05, 0.1) is 5.52 Å². The van der Waals surface area contributed by atoms with E-state index >= 15 is 0 Å². The molecule has 0 fully saturated rings. The van der Waals surface area contributed by atoms with Crippen LogP contribution in [0, 0.1) is 0 Å². The monoisotopic (exact) mass is 206 g/mol. The lowest BCUT2D eigenvalue weighted by atomic mass is 10.1. The van der Waals surface area contributed by atoms with Crippen LogP contribution in [0.25, 0.3) is 10.9 Å². The number of aliphatic hydroxyl groups excluding tert-OH is 1. The van der Waals surface area contributed by atoms with Crippen molar-refractivity contribution in [1.82, 2.24) is 9.78 Å². The lowest BCUT2D eigenvalue weighted by molar-refractivity contribution is 0.296. The second-order valence-electron chi connectivity index (χ2n) is 3.44. The van der Waals surface area contributed by atoms with E-state index < -0.39 is 0 Å². The van der Waals surface area contributed by atoms with Gasteiger partial charge in [0.1, 0.15) is 5.75 Å². The number of aromatic hydroxyl groups is 1. The number of aromatic nitrogens is 2. The number of aryl methyl sites for hydroxylation is 1. The summed E-state index contributed by atoms with van der Waals surface area (Å²) in [5.74, 6) is 0.234. The highest BCUT2D eigenvalue weighted by Gasteiger charge is 2.09. The van der Waals surface area contributed by atoms with E-state index in [9.17, 15) is 5.11 Å². The van der Waals surface area contributed by atoms with Gasteiger partial charge in [0.25, 0.3) is 0 Å². The standard InChI is InChI=1S/C11H14N2O2/c1-2-13-11(5-6-14)9-7-8(15)3-4-10(9)12-13/h3-4,7,14-15H,2,5-6H2,1H3. The number of benzene rings is 1. The third-order valence-electron chi connectivity index (χ3n) is 2.48. The molecular formula is C11H14N2O2. The summed E-state index contributed by atoms with van der Waals surface area (Å²) in [6.07, 6.45) is 0.563. The van der Waals surface area contributed by atoms with E-state index in [-0.39, 0.29) is 12.4 Å². The molecule has 2 aromatic rings. The quantitative estimate of drug-likeness (QED) is 0.795. The molecule has 0 aliphatic carbocycles. The van der Waals surface area contributed by atoms with Crippen molar-refractivity contribution >= 4 is 10.9 Å². The highest BCUT2D eigenvalue weighted by molar-refractivity contribution is 5.83. The zero-order chi connectivity index (χ0) is 10.8. The van der Waals surface area contributed by atoms with Crippen molar-refractivity contribution < 1.29 is 10.2 Å². The fraction of sp³-hybridized carbons (Fsp3) is 0.364. The average Bonchev–Trinajstić information content (AvgIpc) is 2.57. The van der Waals surface area contributed by atoms with Gasteiger partial charge < -0.3 is 10.2 Å². The van der Waals surface area contributed by atoms with Crippen molar-refractivity contribution in [3.05, 3.63) is 23.9 Å². The summed E-state index contributed by atoms with van der Waals surface area (Å²) in [6, 6.07) is 5.11. The highest BCUT2D eigenvalue weighted by Crippen LogP contribution is 2.23. The smallest absolute Gasteiger partial charge is 0.116 e. The lowest BCUT2D eigenvalue weighted by Gasteiger charge is -2.02. The molecule has 0 bridgehead atoms. The number of phenolic OH excluding ortho intramolecular Hbond substituents is 1. The van der Waals surface area contributed by atoms with Crippen molar-refractivity contribution in [2.45, 2.75) is 19.9 Å². The zero-order valence-electron chi connectivity index (χ0n) is 8.64. The second-order valence-corrected chi connectivity index (χ2v) is 3.44. The van der Waals surface area contributed by atoms with Crippen LogP contribution >= 0.6 is 0 Å². The summed E-state index contributed by atoms with van der Waals surface area (Å²) in [6.45, 7) is 2.87. The normalized spacial score (nSPS) is 11.1. The molecule has 0 radical (unpaired) electrons. The molecule has 0 aliphatic rings. The molecule has 1 aromatic heterocycles. The van der Waals surface area contributed by atoms with Gasteiger partial charge in [0.15, 0.2) is 0 Å². The van der Waals surface area contributed by atoms with Crippen molar-refractivity contribution in [2.75, 3.05) is 6.61 Å². The van der Waals surface area contributed by atoms with Crippen LogP contribution in [0.3, 0.4) is 0 Å². The Hall–Kier alpha value is -1.55. The third kappa shape index (κ3) is 1.68. The minimum absolute atomic E-state index is 0.0937. The summed E-state index contributed by atoms with van der Waals surface area (Å²) in [5.41, 5.74) is 1.84. The molecule has 4 heteroatoms. The number of hydrogen-bond donors (Lipinski definition) is 2. The average molecular weight is 206 g/mol. The van der Waals surface area contributed by atoms with Crippen LogP contribution in [0.2, 0.25) is 0 Å². The topological polar surface area (TPSA) is 58.3 Å². The first-order chi connectivity index (χ1) is 7.26. The van der Waals surface area contributed by atoms with Gasteiger partial charge in [0, 0.05) is 30.7 Å². The predicted molar refractivity (Wildman–Crippen MR) is 57.9 cm³/mol. The van der Waals surface area contributed by atoms with E-state index in [1.807, 2.05) is 11.6 Å². The Morgan fingerprint density at radius 1 is 1.40 bits per heavy atom. The van der Waals surface area contributed by atoms with Crippen LogP contribution < -0.4 is 0 Å². The Labute approximate surface area is 87.8 Å². The van der Waals surface area contributed by atoms with Crippen molar-refractivity contribution in [2.24, 2.45) is 0 Å². The van der Waals surface area contributed by atoms with Gasteiger partial charge >= 0.3 is 0 Å². The van der Waals surface area contributed by atoms with Crippen LogP contribution in [0.5, 0.6) is 5.75 Å². The lowest BCUT2D eigenvalue weighted by Crippen LogP contribution is -2.04. The molecule has 0 atom stereocenters. The van der Waals surface area contributed by atoms with Crippen LogP contribution in [0.1, 0.15) is 12.6 Å². The van der Waals surface area contributed by atoms with Crippen LogP contribution in [-0.2, 0) is 13.0 Å².